The molecule has 1 heterocycles. The highest BCUT2D eigenvalue weighted by atomic mass is 16.5. The molecule has 0 saturated carbocycles. The van der Waals surface area contributed by atoms with Gasteiger partial charge in [0.15, 0.2) is 5.69 Å². The number of benzene rings is 1. The van der Waals surface area contributed by atoms with Gasteiger partial charge in [0.2, 0.25) is 0 Å². The number of carboxylic acid groups (broad SMARTS) is 1. The molecule has 0 radical (unpaired) electrons. The molecular weight excluding hydrogens is 218 g/mol. The minimum Gasteiger partial charge on any atom is -0.497 e. The topological polar surface area (TPSA) is 59.4 Å². The molecule has 2 rings (SSSR count). The lowest BCUT2D eigenvalue weighted by Crippen LogP contribution is -2.00. The Kier molecular flexibility index (Phi) is 4.46. The molecule has 1 N–H and O–H groups in total. The van der Waals surface area contributed by atoms with Gasteiger partial charge in [0.25, 0.3) is 0 Å². The van der Waals surface area contributed by atoms with Crippen LogP contribution < -0.4 is 4.74 Å². The Balaban J connectivity index is 0.000000686. The highest BCUT2D eigenvalue weighted by molar-refractivity contribution is 6.02. The Morgan fingerprint density at radius 1 is 1.29 bits per heavy atom. The molecule has 1 aromatic heterocycles. The largest absolute Gasteiger partial charge is 0.497 e. The fraction of sp³-hybridized carbons (Fsp3) is 0.231. The zero-order chi connectivity index (χ0) is 12.8. The average Bonchev–Trinajstić information content (AvgIpc) is 2.39. The van der Waals surface area contributed by atoms with Crippen molar-refractivity contribution in [2.75, 3.05) is 7.11 Å². The van der Waals surface area contributed by atoms with E-state index in [0.717, 1.165) is 5.39 Å². The quantitative estimate of drug-likeness (QED) is 0.866. The number of carbonyl (C=O) groups is 1. The van der Waals surface area contributed by atoms with Crippen molar-refractivity contribution in [2.45, 2.75) is 13.8 Å². The van der Waals surface area contributed by atoms with Gasteiger partial charge in [-0.2, -0.15) is 0 Å². The van der Waals surface area contributed by atoms with Crippen molar-refractivity contribution in [3.8, 4) is 5.75 Å². The molecule has 0 bridgehead atoms. The van der Waals surface area contributed by atoms with Gasteiger partial charge in [-0.15, -0.1) is 0 Å². The SMILES string of the molecule is CC.COc1ccc2ccnc(C(=O)O)c2c1. The molecule has 0 unspecified atom stereocenters. The number of pyridine rings is 1. The first-order chi connectivity index (χ1) is 8.22. The molecule has 0 aliphatic carbocycles. The van der Waals surface area contributed by atoms with Gasteiger partial charge in [-0.25, -0.2) is 9.78 Å². The van der Waals surface area contributed by atoms with Crippen LogP contribution in [-0.2, 0) is 0 Å². The van der Waals surface area contributed by atoms with Crippen molar-refractivity contribution in [1.82, 2.24) is 4.98 Å². The standard InChI is InChI=1S/C11H9NO3.C2H6/c1-15-8-3-2-7-4-5-12-10(11(13)14)9(7)6-8;1-2/h2-6H,1H3,(H,13,14);1-2H3. The van der Waals surface area contributed by atoms with Crippen molar-refractivity contribution in [1.29, 1.82) is 0 Å². The van der Waals surface area contributed by atoms with E-state index < -0.39 is 5.97 Å². The summed E-state index contributed by atoms with van der Waals surface area (Å²) in [5.74, 6) is -0.410. The summed E-state index contributed by atoms with van der Waals surface area (Å²) in [6, 6.07) is 7.03. The molecule has 0 fully saturated rings. The second kappa shape index (κ2) is 5.84. The van der Waals surface area contributed by atoms with Gasteiger partial charge < -0.3 is 9.84 Å². The molecular formula is C13H15NO3. The van der Waals surface area contributed by atoms with Gasteiger partial charge in [-0.05, 0) is 23.6 Å². The summed E-state index contributed by atoms with van der Waals surface area (Å²) in [6.07, 6.45) is 1.48. The summed E-state index contributed by atoms with van der Waals surface area (Å²) in [5.41, 5.74) is 0.0476. The van der Waals surface area contributed by atoms with Crippen molar-refractivity contribution < 1.29 is 14.6 Å². The predicted molar refractivity (Wildman–Crippen MR) is 66.6 cm³/mol. The van der Waals surface area contributed by atoms with Crippen LogP contribution in [0.5, 0.6) is 5.75 Å². The van der Waals surface area contributed by atoms with E-state index in [1.807, 2.05) is 19.9 Å². The number of nitrogens with zero attached hydrogens (tertiary/aromatic N) is 1. The number of carboxylic acids is 1. The van der Waals surface area contributed by atoms with Crippen molar-refractivity contribution in [3.05, 3.63) is 36.2 Å². The van der Waals surface area contributed by atoms with Crippen LogP contribution in [0.25, 0.3) is 10.8 Å². The summed E-state index contributed by atoms with van der Waals surface area (Å²) in [6.45, 7) is 4.00. The normalized spacial score (nSPS) is 9.35. The van der Waals surface area contributed by atoms with E-state index in [2.05, 4.69) is 4.98 Å². The van der Waals surface area contributed by atoms with Crippen LogP contribution in [0, 0.1) is 0 Å². The van der Waals surface area contributed by atoms with Crippen molar-refractivity contribution >= 4 is 16.7 Å². The van der Waals surface area contributed by atoms with Gasteiger partial charge >= 0.3 is 5.97 Å². The molecule has 4 nitrogen and oxygen atoms in total. The van der Waals surface area contributed by atoms with Gasteiger partial charge in [0.05, 0.1) is 7.11 Å². The zero-order valence-corrected chi connectivity index (χ0v) is 10.1. The molecule has 2 aromatic rings. The summed E-state index contributed by atoms with van der Waals surface area (Å²) in [4.78, 5) is 14.7. The molecule has 4 heteroatoms. The van der Waals surface area contributed by atoms with Crippen LogP contribution in [0.1, 0.15) is 24.3 Å². The number of fused-ring (bicyclic) bond motifs is 1. The number of hydrogen-bond donors (Lipinski definition) is 1. The summed E-state index contributed by atoms with van der Waals surface area (Å²) >= 11 is 0. The minimum absolute atomic E-state index is 0.0476. The van der Waals surface area contributed by atoms with Gasteiger partial charge in [0.1, 0.15) is 5.75 Å². The van der Waals surface area contributed by atoms with Gasteiger partial charge in [0, 0.05) is 11.6 Å². The maximum atomic E-state index is 10.9. The third-order valence-electron chi connectivity index (χ3n) is 2.18. The third kappa shape index (κ3) is 2.72. The second-order valence-corrected chi connectivity index (χ2v) is 3.05. The van der Waals surface area contributed by atoms with Gasteiger partial charge in [-0.1, -0.05) is 19.9 Å². The number of aromatic nitrogens is 1. The molecule has 0 atom stereocenters. The fourth-order valence-electron chi connectivity index (χ4n) is 1.44. The Morgan fingerprint density at radius 3 is 2.59 bits per heavy atom. The van der Waals surface area contributed by atoms with Crippen LogP contribution in [0.2, 0.25) is 0 Å². The van der Waals surface area contributed by atoms with Gasteiger partial charge in [-0.3, -0.25) is 0 Å². The number of methoxy groups -OCH3 is 1. The second-order valence-electron chi connectivity index (χ2n) is 3.05. The van der Waals surface area contributed by atoms with E-state index in [0.29, 0.717) is 11.1 Å². The third-order valence-corrected chi connectivity index (χ3v) is 2.18. The van der Waals surface area contributed by atoms with Crippen LogP contribution in [0.15, 0.2) is 30.5 Å². The van der Waals surface area contributed by atoms with Crippen LogP contribution in [-0.4, -0.2) is 23.2 Å². The van der Waals surface area contributed by atoms with E-state index in [1.54, 1.807) is 18.2 Å². The van der Waals surface area contributed by atoms with E-state index in [4.69, 9.17) is 9.84 Å². The Labute approximate surface area is 99.9 Å². The van der Waals surface area contributed by atoms with E-state index in [-0.39, 0.29) is 5.69 Å². The van der Waals surface area contributed by atoms with E-state index in [9.17, 15) is 4.79 Å². The molecule has 0 spiro atoms. The number of ether oxygens (including phenoxy) is 1. The molecule has 0 amide bonds. The smallest absolute Gasteiger partial charge is 0.355 e. The molecule has 0 aliphatic heterocycles. The molecule has 90 valence electrons. The Hall–Kier alpha value is -2.10. The lowest BCUT2D eigenvalue weighted by Gasteiger charge is -2.04. The number of rotatable bonds is 2. The lowest BCUT2D eigenvalue weighted by atomic mass is 10.1. The fourth-order valence-corrected chi connectivity index (χ4v) is 1.44. The summed E-state index contributed by atoms with van der Waals surface area (Å²) < 4.78 is 5.04. The van der Waals surface area contributed by atoms with Crippen molar-refractivity contribution in [3.63, 3.8) is 0 Å². The van der Waals surface area contributed by atoms with Crippen LogP contribution in [0.3, 0.4) is 0 Å². The highest BCUT2D eigenvalue weighted by Crippen LogP contribution is 2.22. The zero-order valence-electron chi connectivity index (χ0n) is 10.1. The lowest BCUT2D eigenvalue weighted by molar-refractivity contribution is 0.0693. The van der Waals surface area contributed by atoms with Crippen LogP contribution in [0.4, 0.5) is 0 Å². The molecule has 0 saturated heterocycles. The average molecular weight is 233 g/mol. The number of hydrogen-bond acceptors (Lipinski definition) is 3. The van der Waals surface area contributed by atoms with Crippen LogP contribution >= 0.6 is 0 Å². The molecule has 17 heavy (non-hydrogen) atoms. The maximum Gasteiger partial charge on any atom is 0.355 e. The van der Waals surface area contributed by atoms with E-state index >= 15 is 0 Å². The first-order valence-electron chi connectivity index (χ1n) is 5.38. The Morgan fingerprint density at radius 2 is 2.00 bits per heavy atom. The van der Waals surface area contributed by atoms with E-state index in [1.165, 1.54) is 13.3 Å². The maximum absolute atomic E-state index is 10.9. The first-order valence-corrected chi connectivity index (χ1v) is 5.38. The first kappa shape index (κ1) is 13.0. The highest BCUT2D eigenvalue weighted by Gasteiger charge is 2.09. The Bertz CT molecular complexity index is 523. The molecule has 0 aliphatic rings. The molecule has 1 aromatic carbocycles. The monoisotopic (exact) mass is 233 g/mol. The number of aromatic carboxylic acids is 1. The minimum atomic E-state index is -1.03. The predicted octanol–water partition coefficient (Wildman–Crippen LogP) is 2.97. The van der Waals surface area contributed by atoms with Crippen molar-refractivity contribution in [2.24, 2.45) is 0 Å². The summed E-state index contributed by atoms with van der Waals surface area (Å²) in [5, 5.41) is 10.4. The summed E-state index contributed by atoms with van der Waals surface area (Å²) in [7, 11) is 1.54.